The summed E-state index contributed by atoms with van der Waals surface area (Å²) in [6, 6.07) is 17.5. The number of ether oxygens (including phenoxy) is 1. The van der Waals surface area contributed by atoms with Crippen molar-refractivity contribution in [3.63, 3.8) is 0 Å². The molecule has 7 nitrogen and oxygen atoms in total. The minimum atomic E-state index is -0.0511. The zero-order valence-corrected chi connectivity index (χ0v) is 17.0. The number of hydrogen-bond acceptors (Lipinski definition) is 6. The van der Waals surface area contributed by atoms with E-state index in [4.69, 9.17) is 9.15 Å². The Hall–Kier alpha value is -3.19. The van der Waals surface area contributed by atoms with Crippen LogP contribution in [0.15, 0.2) is 59.0 Å². The van der Waals surface area contributed by atoms with Crippen molar-refractivity contribution in [1.82, 2.24) is 20.4 Å². The van der Waals surface area contributed by atoms with Crippen LogP contribution in [0, 0.1) is 0 Å². The fourth-order valence-corrected chi connectivity index (χ4v) is 3.00. The van der Waals surface area contributed by atoms with E-state index in [1.807, 2.05) is 68.7 Å². The summed E-state index contributed by atoms with van der Waals surface area (Å²) in [5.41, 5.74) is 1.98. The Morgan fingerprint density at radius 1 is 1.10 bits per heavy atom. The van der Waals surface area contributed by atoms with Gasteiger partial charge in [0, 0.05) is 24.9 Å². The minimum absolute atomic E-state index is 0.0511. The lowest BCUT2D eigenvalue weighted by Gasteiger charge is -2.25. The summed E-state index contributed by atoms with van der Waals surface area (Å²) < 4.78 is 10.9. The summed E-state index contributed by atoms with van der Waals surface area (Å²) in [6.07, 6.45) is 0.694. The molecule has 0 saturated heterocycles. The van der Waals surface area contributed by atoms with Crippen LogP contribution in [0.4, 0.5) is 0 Å². The van der Waals surface area contributed by atoms with Gasteiger partial charge in [0.15, 0.2) is 0 Å². The fraction of sp³-hybridized carbons (Fsp3) is 0.318. The molecule has 1 amide bonds. The molecule has 0 spiro atoms. The number of aryl methyl sites for hydroxylation is 1. The summed E-state index contributed by atoms with van der Waals surface area (Å²) in [4.78, 5) is 14.4. The van der Waals surface area contributed by atoms with Gasteiger partial charge in [0.2, 0.25) is 17.7 Å². The van der Waals surface area contributed by atoms with Crippen LogP contribution in [0.25, 0.3) is 11.5 Å². The predicted octanol–water partition coefficient (Wildman–Crippen LogP) is 3.10. The number of carbonyl (C=O) groups is 1. The Kier molecular flexibility index (Phi) is 6.97. The smallest absolute Gasteiger partial charge is 0.247 e. The molecule has 0 aliphatic rings. The first kappa shape index (κ1) is 20.5. The minimum Gasteiger partial charge on any atom is -0.497 e. The van der Waals surface area contributed by atoms with Crippen molar-refractivity contribution in [3.8, 4) is 17.2 Å². The Labute approximate surface area is 170 Å². The third-order valence-electron chi connectivity index (χ3n) is 4.67. The molecule has 3 aromatic rings. The van der Waals surface area contributed by atoms with Gasteiger partial charge in [0.1, 0.15) is 5.75 Å². The summed E-state index contributed by atoms with van der Waals surface area (Å²) >= 11 is 0. The molecule has 29 heavy (non-hydrogen) atoms. The fourth-order valence-electron chi connectivity index (χ4n) is 3.00. The van der Waals surface area contributed by atoms with Crippen molar-refractivity contribution in [3.05, 3.63) is 66.1 Å². The van der Waals surface area contributed by atoms with Crippen LogP contribution in [-0.4, -0.2) is 48.8 Å². The molecule has 1 aromatic heterocycles. The number of aromatic nitrogens is 2. The number of carbonyl (C=O) groups excluding carboxylic acids is 1. The van der Waals surface area contributed by atoms with E-state index in [-0.39, 0.29) is 11.9 Å². The first-order valence-electron chi connectivity index (χ1n) is 9.51. The van der Waals surface area contributed by atoms with Crippen LogP contribution in [0.1, 0.15) is 23.9 Å². The van der Waals surface area contributed by atoms with Gasteiger partial charge < -0.3 is 19.4 Å². The molecule has 0 bridgehead atoms. The van der Waals surface area contributed by atoms with Gasteiger partial charge in [-0.2, -0.15) is 0 Å². The van der Waals surface area contributed by atoms with Crippen molar-refractivity contribution < 1.29 is 13.9 Å². The molecule has 0 aliphatic heterocycles. The van der Waals surface area contributed by atoms with E-state index >= 15 is 0 Å². The first-order valence-corrected chi connectivity index (χ1v) is 9.51. The predicted molar refractivity (Wildman–Crippen MR) is 110 cm³/mol. The van der Waals surface area contributed by atoms with Crippen LogP contribution in [0.2, 0.25) is 0 Å². The zero-order valence-electron chi connectivity index (χ0n) is 17.0. The number of amides is 1. The maximum absolute atomic E-state index is 12.3. The van der Waals surface area contributed by atoms with Crippen LogP contribution >= 0.6 is 0 Å². The van der Waals surface area contributed by atoms with Gasteiger partial charge in [-0.05, 0) is 43.9 Å². The molecule has 7 heteroatoms. The average molecular weight is 394 g/mol. The Morgan fingerprint density at radius 3 is 2.48 bits per heavy atom. The van der Waals surface area contributed by atoms with Gasteiger partial charge in [0.05, 0.1) is 13.2 Å². The number of hydrogen-bond donors (Lipinski definition) is 1. The van der Waals surface area contributed by atoms with E-state index in [1.54, 1.807) is 7.11 Å². The third kappa shape index (κ3) is 5.65. The van der Waals surface area contributed by atoms with Gasteiger partial charge >= 0.3 is 0 Å². The maximum Gasteiger partial charge on any atom is 0.247 e. The van der Waals surface area contributed by atoms with Crippen molar-refractivity contribution >= 4 is 5.91 Å². The molecule has 0 radical (unpaired) electrons. The average Bonchev–Trinajstić information content (AvgIpc) is 3.22. The molecule has 0 fully saturated rings. The molecule has 1 unspecified atom stereocenters. The second-order valence-corrected chi connectivity index (χ2v) is 6.92. The number of benzene rings is 2. The van der Waals surface area contributed by atoms with Crippen LogP contribution in [-0.2, 0) is 11.2 Å². The molecule has 0 saturated carbocycles. The second kappa shape index (κ2) is 9.84. The zero-order chi connectivity index (χ0) is 20.6. The van der Waals surface area contributed by atoms with Crippen LogP contribution < -0.4 is 10.1 Å². The largest absolute Gasteiger partial charge is 0.497 e. The van der Waals surface area contributed by atoms with Crippen molar-refractivity contribution in [2.75, 3.05) is 27.7 Å². The van der Waals surface area contributed by atoms with E-state index < -0.39 is 0 Å². The second-order valence-electron chi connectivity index (χ2n) is 6.92. The highest BCUT2D eigenvalue weighted by Crippen LogP contribution is 2.21. The standard InChI is InChI=1S/C22H26N4O3/c1-26(2)19(16-9-11-18(28-3)12-10-16)15-23-20(27)13-14-21-24-25-22(29-21)17-7-5-4-6-8-17/h4-12,19H,13-15H2,1-3H3,(H,23,27). The number of nitrogens with zero attached hydrogens (tertiary/aromatic N) is 3. The highest BCUT2D eigenvalue weighted by atomic mass is 16.5. The molecular weight excluding hydrogens is 368 g/mol. The summed E-state index contributed by atoms with van der Waals surface area (Å²) in [5.74, 6) is 1.68. The van der Waals surface area contributed by atoms with Gasteiger partial charge in [0.25, 0.3) is 0 Å². The third-order valence-corrected chi connectivity index (χ3v) is 4.67. The molecule has 3 rings (SSSR count). The van der Waals surface area contributed by atoms with E-state index in [2.05, 4.69) is 20.4 Å². The highest BCUT2D eigenvalue weighted by Gasteiger charge is 2.16. The first-order chi connectivity index (χ1) is 14.1. The van der Waals surface area contributed by atoms with E-state index in [0.717, 1.165) is 16.9 Å². The lowest BCUT2D eigenvalue weighted by atomic mass is 10.1. The highest BCUT2D eigenvalue weighted by molar-refractivity contribution is 5.76. The lowest BCUT2D eigenvalue weighted by Crippen LogP contribution is -2.34. The van der Waals surface area contributed by atoms with Crippen molar-refractivity contribution in [2.24, 2.45) is 0 Å². The number of nitrogens with one attached hydrogen (secondary N) is 1. The van der Waals surface area contributed by atoms with E-state index in [0.29, 0.717) is 31.2 Å². The van der Waals surface area contributed by atoms with Gasteiger partial charge in [-0.15, -0.1) is 10.2 Å². The van der Waals surface area contributed by atoms with E-state index in [1.165, 1.54) is 0 Å². The quantitative estimate of drug-likeness (QED) is 0.601. The number of rotatable bonds is 9. The molecule has 1 atom stereocenters. The maximum atomic E-state index is 12.3. The molecule has 1 heterocycles. The van der Waals surface area contributed by atoms with Crippen molar-refractivity contribution in [1.29, 1.82) is 0 Å². The summed E-state index contributed by atoms with van der Waals surface area (Å²) in [5, 5.41) is 11.1. The monoisotopic (exact) mass is 394 g/mol. The number of methoxy groups -OCH3 is 1. The molecular formula is C22H26N4O3. The topological polar surface area (TPSA) is 80.5 Å². The van der Waals surface area contributed by atoms with Crippen LogP contribution in [0.5, 0.6) is 5.75 Å². The SMILES string of the molecule is COc1ccc(C(CNC(=O)CCc2nnc(-c3ccccc3)o2)N(C)C)cc1. The summed E-state index contributed by atoms with van der Waals surface area (Å²) in [6.45, 7) is 0.511. The van der Waals surface area contributed by atoms with Crippen LogP contribution in [0.3, 0.4) is 0 Å². The normalized spacial score (nSPS) is 12.0. The molecule has 152 valence electrons. The molecule has 2 aromatic carbocycles. The van der Waals surface area contributed by atoms with Crippen molar-refractivity contribution in [2.45, 2.75) is 18.9 Å². The number of likely N-dealkylation sites (N-methyl/N-ethyl adjacent to an activating group) is 1. The van der Waals surface area contributed by atoms with E-state index in [9.17, 15) is 4.79 Å². The Morgan fingerprint density at radius 2 is 1.83 bits per heavy atom. The Bertz CT molecular complexity index is 907. The molecule has 1 N–H and O–H groups in total. The Balaban J connectivity index is 1.51. The lowest BCUT2D eigenvalue weighted by molar-refractivity contribution is -0.121. The summed E-state index contributed by atoms with van der Waals surface area (Å²) in [7, 11) is 5.63. The molecule has 0 aliphatic carbocycles. The van der Waals surface area contributed by atoms with Gasteiger partial charge in [-0.3, -0.25) is 4.79 Å². The van der Waals surface area contributed by atoms with Gasteiger partial charge in [-0.25, -0.2) is 0 Å². The van der Waals surface area contributed by atoms with Gasteiger partial charge in [-0.1, -0.05) is 30.3 Å².